The lowest BCUT2D eigenvalue weighted by Gasteiger charge is -2.04. The monoisotopic (exact) mass is 239 g/mol. The van der Waals surface area contributed by atoms with Crippen LogP contribution in [0.5, 0.6) is 0 Å². The van der Waals surface area contributed by atoms with Gasteiger partial charge in [0.15, 0.2) is 0 Å². The molecule has 1 aromatic heterocycles. The maximum atomic E-state index is 12.4. The van der Waals surface area contributed by atoms with Crippen molar-refractivity contribution in [1.29, 1.82) is 0 Å². The van der Waals surface area contributed by atoms with Gasteiger partial charge >= 0.3 is 12.1 Å². The van der Waals surface area contributed by atoms with E-state index in [9.17, 15) is 22.4 Å². The van der Waals surface area contributed by atoms with E-state index in [4.69, 9.17) is 5.11 Å². The minimum atomic E-state index is -4.71. The Balaban J connectivity index is 3.06. The standard InChI is InChI=1S/C9H9F4NO2/c10-2-1-3-14-4-6(8(15)16)7(5-14)9(11,12)13/h4-5H,1-3H2,(H,15,16). The second-order valence-electron chi connectivity index (χ2n) is 3.17. The zero-order valence-corrected chi connectivity index (χ0v) is 8.09. The molecule has 1 rings (SSSR count). The summed E-state index contributed by atoms with van der Waals surface area (Å²) in [5.41, 5.74) is -2.02. The first kappa shape index (κ1) is 12.5. The van der Waals surface area contributed by atoms with Gasteiger partial charge in [0.2, 0.25) is 0 Å². The van der Waals surface area contributed by atoms with Crippen LogP contribution in [0.25, 0.3) is 0 Å². The Morgan fingerprint density at radius 2 is 2.00 bits per heavy atom. The molecule has 0 fully saturated rings. The van der Waals surface area contributed by atoms with Gasteiger partial charge in [-0.1, -0.05) is 0 Å². The Labute approximate surface area is 88.3 Å². The van der Waals surface area contributed by atoms with Crippen LogP contribution in [0.1, 0.15) is 22.3 Å². The molecule has 90 valence electrons. The molecule has 1 heterocycles. The first-order chi connectivity index (χ1) is 7.36. The summed E-state index contributed by atoms with van der Waals surface area (Å²) in [6.45, 7) is -0.644. The Hall–Kier alpha value is -1.53. The van der Waals surface area contributed by atoms with Gasteiger partial charge in [-0.05, 0) is 6.42 Å². The number of hydrogen-bond donors (Lipinski definition) is 1. The normalized spacial score (nSPS) is 11.8. The Bertz CT molecular complexity index is 383. The number of carboxylic acid groups (broad SMARTS) is 1. The molecule has 0 bridgehead atoms. The maximum absolute atomic E-state index is 12.4. The van der Waals surface area contributed by atoms with E-state index in [2.05, 4.69) is 0 Å². The first-order valence-corrected chi connectivity index (χ1v) is 4.42. The van der Waals surface area contributed by atoms with Crippen molar-refractivity contribution in [3.8, 4) is 0 Å². The van der Waals surface area contributed by atoms with Crippen molar-refractivity contribution >= 4 is 5.97 Å². The summed E-state index contributed by atoms with van der Waals surface area (Å²) in [6, 6.07) is 0. The molecular weight excluding hydrogens is 230 g/mol. The molecule has 0 aliphatic heterocycles. The Kier molecular flexibility index (Phi) is 3.56. The van der Waals surface area contributed by atoms with E-state index in [1.165, 1.54) is 0 Å². The number of nitrogens with zero attached hydrogens (tertiary/aromatic N) is 1. The van der Waals surface area contributed by atoms with Crippen LogP contribution in [0.4, 0.5) is 17.6 Å². The van der Waals surface area contributed by atoms with Crippen molar-refractivity contribution < 1.29 is 27.5 Å². The second-order valence-corrected chi connectivity index (χ2v) is 3.17. The number of alkyl halides is 4. The van der Waals surface area contributed by atoms with Crippen molar-refractivity contribution in [2.24, 2.45) is 0 Å². The van der Waals surface area contributed by atoms with Crippen LogP contribution in [-0.4, -0.2) is 22.3 Å². The van der Waals surface area contributed by atoms with Crippen LogP contribution >= 0.6 is 0 Å². The predicted molar refractivity (Wildman–Crippen MR) is 47.0 cm³/mol. The number of aromatic carboxylic acids is 1. The zero-order chi connectivity index (χ0) is 12.3. The van der Waals surface area contributed by atoms with E-state index in [0.717, 1.165) is 10.8 Å². The average Bonchev–Trinajstić information content (AvgIpc) is 2.58. The van der Waals surface area contributed by atoms with Crippen molar-refractivity contribution in [1.82, 2.24) is 4.57 Å². The zero-order valence-electron chi connectivity index (χ0n) is 8.09. The highest BCUT2D eigenvalue weighted by Gasteiger charge is 2.36. The van der Waals surface area contributed by atoms with Crippen LogP contribution in [0, 0.1) is 0 Å². The number of aryl methyl sites for hydroxylation is 1. The lowest BCUT2D eigenvalue weighted by molar-refractivity contribution is -0.138. The molecule has 0 saturated carbocycles. The number of carbonyl (C=O) groups is 1. The predicted octanol–water partition coefficient (Wildman–Crippen LogP) is 2.56. The van der Waals surface area contributed by atoms with Crippen LogP contribution in [0.15, 0.2) is 12.4 Å². The summed E-state index contributed by atoms with van der Waals surface area (Å²) in [6.07, 6.45) is -3.13. The van der Waals surface area contributed by atoms with Gasteiger partial charge in [-0.25, -0.2) is 4.79 Å². The highest BCUT2D eigenvalue weighted by atomic mass is 19.4. The highest BCUT2D eigenvalue weighted by Crippen LogP contribution is 2.32. The maximum Gasteiger partial charge on any atom is 0.418 e. The van der Waals surface area contributed by atoms with Gasteiger partial charge in [-0.15, -0.1) is 0 Å². The van der Waals surface area contributed by atoms with Crippen molar-refractivity contribution in [2.75, 3.05) is 6.67 Å². The number of halogens is 4. The lowest BCUT2D eigenvalue weighted by atomic mass is 10.2. The summed E-state index contributed by atoms with van der Waals surface area (Å²) < 4.78 is 50.0. The number of aromatic nitrogens is 1. The van der Waals surface area contributed by atoms with Crippen LogP contribution in [0.3, 0.4) is 0 Å². The quantitative estimate of drug-likeness (QED) is 0.820. The molecule has 1 N–H and O–H groups in total. The third-order valence-electron chi connectivity index (χ3n) is 1.97. The first-order valence-electron chi connectivity index (χ1n) is 4.42. The Morgan fingerprint density at radius 1 is 1.38 bits per heavy atom. The largest absolute Gasteiger partial charge is 0.478 e. The van der Waals surface area contributed by atoms with Gasteiger partial charge in [0, 0.05) is 18.9 Å². The third-order valence-corrected chi connectivity index (χ3v) is 1.97. The second kappa shape index (κ2) is 4.54. The molecule has 1 aromatic rings. The minimum Gasteiger partial charge on any atom is -0.478 e. The molecular formula is C9H9F4NO2. The van der Waals surface area contributed by atoms with Gasteiger partial charge in [0.05, 0.1) is 17.8 Å². The molecule has 0 saturated heterocycles. The topological polar surface area (TPSA) is 42.2 Å². The number of carboxylic acids is 1. The van der Waals surface area contributed by atoms with Crippen LogP contribution in [-0.2, 0) is 12.7 Å². The molecule has 0 unspecified atom stereocenters. The average molecular weight is 239 g/mol. The molecule has 0 atom stereocenters. The van der Waals surface area contributed by atoms with E-state index in [1.54, 1.807) is 0 Å². The molecule has 0 spiro atoms. The van der Waals surface area contributed by atoms with Crippen molar-refractivity contribution in [2.45, 2.75) is 19.1 Å². The molecule has 7 heteroatoms. The fraction of sp³-hybridized carbons (Fsp3) is 0.444. The van der Waals surface area contributed by atoms with Crippen molar-refractivity contribution in [3.05, 3.63) is 23.5 Å². The molecule has 0 aliphatic rings. The third kappa shape index (κ3) is 2.74. The fourth-order valence-electron chi connectivity index (χ4n) is 1.28. The minimum absolute atomic E-state index is 0.0207. The summed E-state index contributed by atoms with van der Waals surface area (Å²) >= 11 is 0. The summed E-state index contributed by atoms with van der Waals surface area (Å²) in [5.74, 6) is -1.65. The molecule has 0 radical (unpaired) electrons. The molecule has 0 amide bonds. The summed E-state index contributed by atoms with van der Waals surface area (Å²) in [7, 11) is 0. The van der Waals surface area contributed by atoms with E-state index >= 15 is 0 Å². The van der Waals surface area contributed by atoms with E-state index < -0.39 is 29.9 Å². The SMILES string of the molecule is O=C(O)c1cn(CCCF)cc1C(F)(F)F. The smallest absolute Gasteiger partial charge is 0.418 e. The Morgan fingerprint density at radius 3 is 2.38 bits per heavy atom. The summed E-state index contributed by atoms with van der Waals surface area (Å²) in [4.78, 5) is 10.6. The van der Waals surface area contributed by atoms with Gasteiger partial charge in [-0.2, -0.15) is 13.2 Å². The summed E-state index contributed by atoms with van der Waals surface area (Å²) in [5, 5.41) is 8.58. The van der Waals surface area contributed by atoms with E-state index in [-0.39, 0.29) is 13.0 Å². The van der Waals surface area contributed by atoms with E-state index in [1.807, 2.05) is 0 Å². The van der Waals surface area contributed by atoms with Crippen LogP contribution < -0.4 is 0 Å². The van der Waals surface area contributed by atoms with Gasteiger partial charge < -0.3 is 9.67 Å². The molecule has 3 nitrogen and oxygen atoms in total. The number of hydrogen-bond acceptors (Lipinski definition) is 1. The molecule has 0 aromatic carbocycles. The van der Waals surface area contributed by atoms with Gasteiger partial charge in [0.25, 0.3) is 0 Å². The number of rotatable bonds is 4. The van der Waals surface area contributed by atoms with E-state index in [0.29, 0.717) is 6.20 Å². The molecule has 0 aliphatic carbocycles. The van der Waals surface area contributed by atoms with Crippen molar-refractivity contribution in [3.63, 3.8) is 0 Å². The van der Waals surface area contributed by atoms with Gasteiger partial charge in [0.1, 0.15) is 0 Å². The van der Waals surface area contributed by atoms with Crippen LogP contribution in [0.2, 0.25) is 0 Å². The van der Waals surface area contributed by atoms with Gasteiger partial charge in [-0.3, -0.25) is 4.39 Å². The lowest BCUT2D eigenvalue weighted by Crippen LogP contribution is -2.09. The highest BCUT2D eigenvalue weighted by molar-refractivity contribution is 5.89. The molecule has 16 heavy (non-hydrogen) atoms. The fourth-order valence-corrected chi connectivity index (χ4v) is 1.28.